The van der Waals surface area contributed by atoms with Gasteiger partial charge in [-0.2, -0.15) is 0 Å². The molecule has 1 fully saturated rings. The summed E-state index contributed by atoms with van der Waals surface area (Å²) in [6.45, 7) is 9.16. The third-order valence-electron chi connectivity index (χ3n) is 3.76. The van der Waals surface area contributed by atoms with Gasteiger partial charge in [0.05, 0.1) is 11.0 Å². The smallest absolute Gasteiger partial charge is 0.154 e. The first-order chi connectivity index (χ1) is 7.92. The number of sulfone groups is 1. The van der Waals surface area contributed by atoms with Crippen molar-refractivity contribution in [2.45, 2.75) is 58.2 Å². The molecule has 102 valence electrons. The van der Waals surface area contributed by atoms with Crippen LogP contribution in [0.3, 0.4) is 0 Å². The average molecular weight is 261 g/mol. The van der Waals surface area contributed by atoms with Crippen LogP contribution in [0, 0.1) is 11.8 Å². The summed E-state index contributed by atoms with van der Waals surface area (Å²) in [4.78, 5) is 0. The Morgan fingerprint density at radius 2 is 1.82 bits per heavy atom. The number of hydrogen-bond acceptors (Lipinski definition) is 3. The van der Waals surface area contributed by atoms with Gasteiger partial charge in [-0.1, -0.05) is 27.7 Å². The zero-order valence-corrected chi connectivity index (χ0v) is 12.4. The van der Waals surface area contributed by atoms with E-state index in [2.05, 4.69) is 19.2 Å². The van der Waals surface area contributed by atoms with Crippen molar-refractivity contribution in [3.63, 3.8) is 0 Å². The van der Waals surface area contributed by atoms with E-state index in [1.165, 1.54) is 0 Å². The van der Waals surface area contributed by atoms with Crippen LogP contribution in [0.15, 0.2) is 0 Å². The first-order valence-electron chi connectivity index (χ1n) is 6.87. The molecule has 1 saturated carbocycles. The summed E-state index contributed by atoms with van der Waals surface area (Å²) in [6, 6.07) is 0.148. The molecule has 17 heavy (non-hydrogen) atoms. The Balaban J connectivity index is 2.90. The van der Waals surface area contributed by atoms with Gasteiger partial charge >= 0.3 is 0 Å². The van der Waals surface area contributed by atoms with E-state index in [0.29, 0.717) is 11.7 Å². The molecule has 1 rings (SSSR count). The molecule has 0 amide bonds. The van der Waals surface area contributed by atoms with Gasteiger partial charge in [0.2, 0.25) is 0 Å². The Morgan fingerprint density at radius 3 is 2.35 bits per heavy atom. The molecule has 0 spiro atoms. The van der Waals surface area contributed by atoms with Crippen LogP contribution in [0.5, 0.6) is 0 Å². The van der Waals surface area contributed by atoms with Crippen molar-refractivity contribution in [1.82, 2.24) is 5.32 Å². The second kappa shape index (κ2) is 6.19. The molecule has 0 aliphatic heterocycles. The Kier molecular flexibility index (Phi) is 5.45. The van der Waals surface area contributed by atoms with Crippen LogP contribution in [-0.2, 0) is 9.84 Å². The molecule has 1 aliphatic rings. The molecule has 1 N–H and O–H groups in total. The minimum absolute atomic E-state index is 0.148. The molecule has 0 saturated heterocycles. The predicted octanol–water partition coefficient (Wildman–Crippen LogP) is 2.22. The predicted molar refractivity (Wildman–Crippen MR) is 72.9 cm³/mol. The molecular weight excluding hydrogens is 234 g/mol. The Bertz CT molecular complexity index is 326. The third kappa shape index (κ3) is 3.68. The zero-order valence-electron chi connectivity index (χ0n) is 11.6. The fourth-order valence-corrected chi connectivity index (χ4v) is 5.68. The van der Waals surface area contributed by atoms with E-state index in [0.717, 1.165) is 25.8 Å². The van der Waals surface area contributed by atoms with Gasteiger partial charge in [-0.15, -0.1) is 0 Å². The number of hydrogen-bond donors (Lipinski definition) is 1. The average Bonchev–Trinajstić information content (AvgIpc) is 2.15. The summed E-state index contributed by atoms with van der Waals surface area (Å²) in [5, 5.41) is 3.20. The van der Waals surface area contributed by atoms with Gasteiger partial charge in [0.15, 0.2) is 9.84 Å². The van der Waals surface area contributed by atoms with Crippen LogP contribution in [-0.4, -0.2) is 32.0 Å². The molecule has 4 atom stereocenters. The van der Waals surface area contributed by atoms with Crippen molar-refractivity contribution >= 4 is 9.84 Å². The Labute approximate surface area is 106 Å². The van der Waals surface area contributed by atoms with Crippen LogP contribution in [0.25, 0.3) is 0 Å². The minimum Gasteiger partial charge on any atom is -0.313 e. The van der Waals surface area contributed by atoms with Gasteiger partial charge in [-0.3, -0.25) is 0 Å². The van der Waals surface area contributed by atoms with Gasteiger partial charge in [0.25, 0.3) is 0 Å². The molecule has 4 heteroatoms. The highest BCUT2D eigenvalue weighted by atomic mass is 32.2. The summed E-state index contributed by atoms with van der Waals surface area (Å²) in [5.41, 5.74) is 0. The highest BCUT2D eigenvalue weighted by Crippen LogP contribution is 2.33. The molecule has 0 aromatic carbocycles. The number of rotatable bonds is 5. The van der Waals surface area contributed by atoms with Crippen LogP contribution < -0.4 is 5.32 Å². The largest absolute Gasteiger partial charge is 0.313 e. The lowest BCUT2D eigenvalue weighted by atomic mass is 9.80. The van der Waals surface area contributed by atoms with Crippen molar-refractivity contribution in [2.75, 3.05) is 12.3 Å². The fraction of sp³-hybridized carbons (Fsp3) is 1.00. The van der Waals surface area contributed by atoms with Crippen LogP contribution >= 0.6 is 0 Å². The van der Waals surface area contributed by atoms with Gasteiger partial charge in [0.1, 0.15) is 0 Å². The SMILES string of the molecule is CCCS(=O)(=O)C1C(C)CC(C)CC1NCC. The lowest BCUT2D eigenvalue weighted by Gasteiger charge is -2.39. The molecule has 1 aliphatic carbocycles. The molecule has 0 aromatic rings. The highest BCUT2D eigenvalue weighted by molar-refractivity contribution is 7.92. The standard InChI is InChI=1S/C13H27NO2S/c1-5-7-17(15,16)13-11(4)8-10(3)9-12(13)14-6-2/h10-14H,5-9H2,1-4H3. The van der Waals surface area contributed by atoms with E-state index in [-0.39, 0.29) is 17.2 Å². The van der Waals surface area contributed by atoms with Gasteiger partial charge in [0, 0.05) is 6.04 Å². The Hall–Kier alpha value is -0.0900. The van der Waals surface area contributed by atoms with E-state index in [1.807, 2.05) is 13.8 Å². The molecule has 3 nitrogen and oxygen atoms in total. The minimum atomic E-state index is -2.94. The summed E-state index contributed by atoms with van der Waals surface area (Å²) in [7, 11) is -2.94. The maximum Gasteiger partial charge on any atom is 0.154 e. The molecule has 0 radical (unpaired) electrons. The second-order valence-corrected chi connectivity index (χ2v) is 7.83. The topological polar surface area (TPSA) is 46.2 Å². The van der Waals surface area contributed by atoms with Gasteiger partial charge in [-0.05, 0) is 37.6 Å². The quantitative estimate of drug-likeness (QED) is 0.825. The third-order valence-corrected chi connectivity index (χ3v) is 6.36. The van der Waals surface area contributed by atoms with Crippen LogP contribution in [0.2, 0.25) is 0 Å². The molecule has 0 heterocycles. The van der Waals surface area contributed by atoms with Gasteiger partial charge < -0.3 is 5.32 Å². The molecule has 4 unspecified atom stereocenters. The van der Waals surface area contributed by atoms with Crippen LogP contribution in [0.1, 0.15) is 47.0 Å². The highest BCUT2D eigenvalue weighted by Gasteiger charge is 2.41. The number of nitrogens with one attached hydrogen (secondary N) is 1. The van der Waals surface area contributed by atoms with Crippen molar-refractivity contribution in [2.24, 2.45) is 11.8 Å². The van der Waals surface area contributed by atoms with E-state index >= 15 is 0 Å². The van der Waals surface area contributed by atoms with E-state index in [1.54, 1.807) is 0 Å². The normalized spacial score (nSPS) is 34.8. The van der Waals surface area contributed by atoms with Crippen molar-refractivity contribution in [1.29, 1.82) is 0 Å². The maximum absolute atomic E-state index is 12.3. The van der Waals surface area contributed by atoms with Crippen molar-refractivity contribution in [3.05, 3.63) is 0 Å². The first-order valence-corrected chi connectivity index (χ1v) is 8.58. The van der Waals surface area contributed by atoms with Crippen molar-refractivity contribution < 1.29 is 8.42 Å². The molecule has 0 aromatic heterocycles. The Morgan fingerprint density at radius 1 is 1.18 bits per heavy atom. The first kappa shape index (κ1) is 15.0. The zero-order chi connectivity index (χ0) is 13.1. The lowest BCUT2D eigenvalue weighted by molar-refractivity contribution is 0.244. The summed E-state index contributed by atoms with van der Waals surface area (Å²) in [5.74, 6) is 1.24. The van der Waals surface area contributed by atoms with E-state index in [9.17, 15) is 8.42 Å². The second-order valence-electron chi connectivity index (χ2n) is 5.55. The van der Waals surface area contributed by atoms with Crippen LogP contribution in [0.4, 0.5) is 0 Å². The van der Waals surface area contributed by atoms with Gasteiger partial charge in [-0.25, -0.2) is 8.42 Å². The molecule has 0 bridgehead atoms. The monoisotopic (exact) mass is 261 g/mol. The maximum atomic E-state index is 12.3. The summed E-state index contributed by atoms with van der Waals surface area (Å²) in [6.07, 6.45) is 2.75. The van der Waals surface area contributed by atoms with E-state index < -0.39 is 9.84 Å². The summed E-state index contributed by atoms with van der Waals surface area (Å²) < 4.78 is 24.7. The lowest BCUT2D eigenvalue weighted by Crippen LogP contribution is -2.52. The molecular formula is C13H27NO2S. The van der Waals surface area contributed by atoms with E-state index in [4.69, 9.17) is 0 Å². The van der Waals surface area contributed by atoms with Crippen molar-refractivity contribution in [3.8, 4) is 0 Å². The summed E-state index contributed by atoms with van der Waals surface area (Å²) >= 11 is 0. The fourth-order valence-electron chi connectivity index (χ4n) is 3.32.